The van der Waals surface area contributed by atoms with Crippen molar-refractivity contribution in [2.45, 2.75) is 13.1 Å². The number of anilines is 1. The number of ether oxygens (including phenoxy) is 1. The normalized spacial score (nSPS) is 11.3. The molecule has 0 fully saturated rings. The van der Waals surface area contributed by atoms with Crippen LogP contribution in [0.5, 0.6) is 5.75 Å². The van der Waals surface area contributed by atoms with Crippen LogP contribution >= 0.6 is 0 Å². The maximum atomic E-state index is 13.6. The lowest BCUT2D eigenvalue weighted by Crippen LogP contribution is -2.15. The topological polar surface area (TPSA) is 81.9 Å². The van der Waals surface area contributed by atoms with Crippen molar-refractivity contribution in [1.29, 1.82) is 0 Å². The Balaban J connectivity index is 1.59. The van der Waals surface area contributed by atoms with E-state index >= 15 is 0 Å². The Bertz CT molecular complexity index is 1260. The maximum absolute atomic E-state index is 13.6. The Kier molecular flexibility index (Phi) is 6.07. The fraction of sp³-hybridized carbons (Fsp3) is 0.130. The summed E-state index contributed by atoms with van der Waals surface area (Å²) in [4.78, 5) is 20.5. The molecule has 0 unspecified atom stereocenters. The van der Waals surface area contributed by atoms with Gasteiger partial charge in [0.1, 0.15) is 5.75 Å². The van der Waals surface area contributed by atoms with Gasteiger partial charge in [-0.1, -0.05) is 6.07 Å². The molecule has 0 aliphatic heterocycles. The van der Waals surface area contributed by atoms with Crippen LogP contribution in [0.15, 0.2) is 73.2 Å². The van der Waals surface area contributed by atoms with Gasteiger partial charge in [0.15, 0.2) is 11.5 Å². The first-order chi connectivity index (χ1) is 15.8. The summed E-state index contributed by atoms with van der Waals surface area (Å²) in [6.07, 6.45) is -0.426. The summed E-state index contributed by atoms with van der Waals surface area (Å²) in [6.45, 7) is 2.30. The number of pyridine rings is 2. The molecule has 3 heterocycles. The minimum Gasteiger partial charge on any atom is -0.494 e. The van der Waals surface area contributed by atoms with Crippen molar-refractivity contribution in [1.82, 2.24) is 19.7 Å². The number of carbonyl (C=O) groups is 1. The maximum Gasteiger partial charge on any atom is 0.433 e. The van der Waals surface area contributed by atoms with E-state index in [9.17, 15) is 18.0 Å². The quantitative estimate of drug-likeness (QED) is 0.444. The standard InChI is InChI=1S/C23H18F3N5O2/c1-2-33-18-7-3-5-15(11-18)22(32)29-17-8-9-21(28-14-17)31-20(23(24,25)26)12-19(30-31)16-6-4-10-27-13-16/h3-14H,2H2,1H3,(H,29,32). The molecular formula is C23H18F3N5O2. The molecule has 4 aromatic rings. The van der Waals surface area contributed by atoms with E-state index in [-0.39, 0.29) is 11.5 Å². The Morgan fingerprint density at radius 2 is 1.94 bits per heavy atom. The third-order valence-electron chi connectivity index (χ3n) is 4.59. The van der Waals surface area contributed by atoms with Gasteiger partial charge in [-0.25, -0.2) is 9.67 Å². The second-order valence-electron chi connectivity index (χ2n) is 6.89. The molecule has 0 bridgehead atoms. The van der Waals surface area contributed by atoms with Gasteiger partial charge in [0.2, 0.25) is 0 Å². The van der Waals surface area contributed by atoms with Crippen LogP contribution in [0.3, 0.4) is 0 Å². The molecule has 0 saturated carbocycles. The highest BCUT2D eigenvalue weighted by atomic mass is 19.4. The number of benzene rings is 1. The third kappa shape index (κ3) is 5.00. The molecule has 1 amide bonds. The predicted molar refractivity (Wildman–Crippen MR) is 115 cm³/mol. The second-order valence-corrected chi connectivity index (χ2v) is 6.89. The number of alkyl halides is 3. The molecular weight excluding hydrogens is 435 g/mol. The molecule has 10 heteroatoms. The van der Waals surface area contributed by atoms with Gasteiger partial charge in [0.25, 0.3) is 5.91 Å². The number of hydrogen-bond acceptors (Lipinski definition) is 5. The third-order valence-corrected chi connectivity index (χ3v) is 4.59. The largest absolute Gasteiger partial charge is 0.494 e. The second kappa shape index (κ2) is 9.11. The van der Waals surface area contributed by atoms with Gasteiger partial charge in [-0.3, -0.25) is 9.78 Å². The molecule has 1 N–H and O–H groups in total. The number of carbonyl (C=O) groups excluding carboxylic acids is 1. The van der Waals surface area contributed by atoms with Crippen LogP contribution in [0, 0.1) is 0 Å². The lowest BCUT2D eigenvalue weighted by molar-refractivity contribution is -0.142. The lowest BCUT2D eigenvalue weighted by atomic mass is 10.2. The minimum atomic E-state index is -4.65. The van der Waals surface area contributed by atoms with Crippen molar-refractivity contribution in [2.75, 3.05) is 11.9 Å². The minimum absolute atomic E-state index is 0.0474. The summed E-state index contributed by atoms with van der Waals surface area (Å²) in [5.41, 5.74) is 0.276. The fourth-order valence-electron chi connectivity index (χ4n) is 3.10. The number of nitrogens with one attached hydrogen (secondary N) is 1. The smallest absolute Gasteiger partial charge is 0.433 e. The van der Waals surface area contributed by atoms with Gasteiger partial charge < -0.3 is 10.1 Å². The molecule has 3 aromatic heterocycles. The molecule has 0 aliphatic rings. The molecule has 0 aliphatic carbocycles. The van der Waals surface area contributed by atoms with Crippen LogP contribution < -0.4 is 10.1 Å². The van der Waals surface area contributed by atoms with E-state index in [1.165, 1.54) is 30.7 Å². The van der Waals surface area contributed by atoms with Gasteiger partial charge >= 0.3 is 6.18 Å². The summed E-state index contributed by atoms with van der Waals surface area (Å²) in [7, 11) is 0. The number of hydrogen-bond donors (Lipinski definition) is 1. The molecule has 168 valence electrons. The SMILES string of the molecule is CCOc1cccc(C(=O)Nc2ccc(-n3nc(-c4cccnc4)cc3C(F)(F)F)nc2)c1. The Morgan fingerprint density at radius 3 is 2.61 bits per heavy atom. The van der Waals surface area contributed by atoms with Crippen LogP contribution in [-0.4, -0.2) is 32.3 Å². The van der Waals surface area contributed by atoms with Crippen molar-refractivity contribution in [3.63, 3.8) is 0 Å². The Labute approximate surface area is 186 Å². The number of halogens is 3. The first kappa shape index (κ1) is 22.0. The summed E-state index contributed by atoms with van der Waals surface area (Å²) in [5, 5.41) is 6.74. The van der Waals surface area contributed by atoms with Gasteiger partial charge in [-0.15, -0.1) is 0 Å². The molecule has 4 rings (SSSR count). The highest BCUT2D eigenvalue weighted by molar-refractivity contribution is 6.04. The summed E-state index contributed by atoms with van der Waals surface area (Å²) in [5.74, 6) is 0.107. The number of aromatic nitrogens is 4. The van der Waals surface area contributed by atoms with Crippen molar-refractivity contribution >= 4 is 11.6 Å². The van der Waals surface area contributed by atoms with Crippen molar-refractivity contribution < 1.29 is 22.7 Å². The molecule has 0 radical (unpaired) electrons. The lowest BCUT2D eigenvalue weighted by Gasteiger charge is -2.10. The van der Waals surface area contributed by atoms with Crippen LogP contribution in [0.4, 0.5) is 18.9 Å². The zero-order valence-corrected chi connectivity index (χ0v) is 17.4. The van der Waals surface area contributed by atoms with E-state index < -0.39 is 17.8 Å². The van der Waals surface area contributed by atoms with Crippen LogP contribution in [-0.2, 0) is 6.18 Å². The molecule has 0 spiro atoms. The molecule has 0 atom stereocenters. The average Bonchev–Trinajstić information content (AvgIpc) is 3.27. The Morgan fingerprint density at radius 1 is 1.09 bits per heavy atom. The first-order valence-corrected chi connectivity index (χ1v) is 9.93. The number of nitrogens with zero attached hydrogens (tertiary/aromatic N) is 4. The highest BCUT2D eigenvalue weighted by Crippen LogP contribution is 2.33. The fourth-order valence-corrected chi connectivity index (χ4v) is 3.10. The van der Waals surface area contributed by atoms with Crippen molar-refractivity contribution in [2.24, 2.45) is 0 Å². The van der Waals surface area contributed by atoms with E-state index in [4.69, 9.17) is 4.74 Å². The summed E-state index contributed by atoms with van der Waals surface area (Å²) < 4.78 is 47.0. The van der Waals surface area contributed by atoms with E-state index in [0.29, 0.717) is 29.2 Å². The van der Waals surface area contributed by atoms with Crippen molar-refractivity contribution in [3.05, 3.63) is 84.4 Å². The van der Waals surface area contributed by atoms with Gasteiger partial charge in [-0.05, 0) is 55.5 Å². The van der Waals surface area contributed by atoms with Gasteiger partial charge in [-0.2, -0.15) is 18.3 Å². The molecule has 1 aromatic carbocycles. The zero-order valence-electron chi connectivity index (χ0n) is 17.4. The summed E-state index contributed by atoms with van der Waals surface area (Å²) >= 11 is 0. The van der Waals surface area contributed by atoms with Crippen LogP contribution in [0.25, 0.3) is 17.1 Å². The number of rotatable bonds is 6. The molecule has 7 nitrogen and oxygen atoms in total. The Hall–Kier alpha value is -4.21. The van der Waals surface area contributed by atoms with E-state index in [0.717, 1.165) is 10.7 Å². The summed E-state index contributed by atoms with van der Waals surface area (Å²) in [6, 6.07) is 13.6. The highest BCUT2D eigenvalue weighted by Gasteiger charge is 2.36. The first-order valence-electron chi connectivity index (χ1n) is 9.93. The monoisotopic (exact) mass is 453 g/mol. The molecule has 0 saturated heterocycles. The zero-order chi connectivity index (χ0) is 23.4. The van der Waals surface area contributed by atoms with Gasteiger partial charge in [0, 0.05) is 23.5 Å². The van der Waals surface area contributed by atoms with Crippen molar-refractivity contribution in [3.8, 4) is 22.8 Å². The molecule has 33 heavy (non-hydrogen) atoms. The van der Waals surface area contributed by atoms with Gasteiger partial charge in [0.05, 0.1) is 24.2 Å². The average molecular weight is 453 g/mol. The predicted octanol–water partition coefficient (Wildman–Crippen LogP) is 5.00. The number of amides is 1. The van der Waals surface area contributed by atoms with E-state index in [1.807, 2.05) is 6.92 Å². The van der Waals surface area contributed by atoms with E-state index in [1.54, 1.807) is 36.4 Å². The van der Waals surface area contributed by atoms with E-state index in [2.05, 4.69) is 20.4 Å². The van der Waals surface area contributed by atoms with Crippen LogP contribution in [0.2, 0.25) is 0 Å². The van der Waals surface area contributed by atoms with Crippen LogP contribution in [0.1, 0.15) is 23.0 Å².